The van der Waals surface area contributed by atoms with Crippen molar-refractivity contribution in [3.8, 4) is 11.5 Å². The predicted octanol–water partition coefficient (Wildman–Crippen LogP) is 2.27. The van der Waals surface area contributed by atoms with Crippen LogP contribution in [0.15, 0.2) is 24.4 Å². The van der Waals surface area contributed by atoms with Crippen LogP contribution >= 0.6 is 0 Å². The zero-order valence-corrected chi connectivity index (χ0v) is 18.0. The first-order valence-corrected chi connectivity index (χ1v) is 10.8. The Bertz CT molecular complexity index is 915. The molecule has 9 nitrogen and oxygen atoms in total. The van der Waals surface area contributed by atoms with Crippen molar-refractivity contribution in [3.05, 3.63) is 35.7 Å². The van der Waals surface area contributed by atoms with E-state index in [1.54, 1.807) is 43.3 Å². The van der Waals surface area contributed by atoms with Gasteiger partial charge in [0.25, 0.3) is 11.8 Å². The SMILES string of the molecule is COc1cc(OC)cc(C(=O)N2CCC[C@H]2Cn2cc(C(=O)NC3CCCC3)nn2)c1. The lowest BCUT2D eigenvalue weighted by Gasteiger charge is -2.25. The molecule has 9 heteroatoms. The first-order valence-electron chi connectivity index (χ1n) is 10.8. The maximum absolute atomic E-state index is 13.2. The van der Waals surface area contributed by atoms with Crippen molar-refractivity contribution in [2.75, 3.05) is 20.8 Å². The van der Waals surface area contributed by atoms with Gasteiger partial charge in [-0.25, -0.2) is 4.68 Å². The molecule has 2 aliphatic rings. The van der Waals surface area contributed by atoms with E-state index in [9.17, 15) is 9.59 Å². The van der Waals surface area contributed by atoms with Crippen LogP contribution in [0, 0.1) is 0 Å². The zero-order chi connectivity index (χ0) is 21.8. The van der Waals surface area contributed by atoms with Crippen molar-refractivity contribution in [3.63, 3.8) is 0 Å². The summed E-state index contributed by atoms with van der Waals surface area (Å²) >= 11 is 0. The average Bonchev–Trinajstić information content (AvgIpc) is 3.55. The molecule has 2 heterocycles. The van der Waals surface area contributed by atoms with Gasteiger partial charge in [-0.2, -0.15) is 0 Å². The monoisotopic (exact) mass is 427 g/mol. The highest BCUT2D eigenvalue weighted by Crippen LogP contribution is 2.27. The topological polar surface area (TPSA) is 98.6 Å². The molecule has 1 saturated carbocycles. The van der Waals surface area contributed by atoms with Gasteiger partial charge in [-0.15, -0.1) is 5.10 Å². The molecule has 0 spiro atoms. The van der Waals surface area contributed by atoms with Crippen molar-refractivity contribution in [1.29, 1.82) is 0 Å². The highest BCUT2D eigenvalue weighted by atomic mass is 16.5. The van der Waals surface area contributed by atoms with E-state index >= 15 is 0 Å². The van der Waals surface area contributed by atoms with Crippen LogP contribution in [0.2, 0.25) is 0 Å². The Labute approximate surface area is 181 Å². The molecule has 1 aromatic carbocycles. The number of amides is 2. The van der Waals surface area contributed by atoms with Crippen LogP contribution < -0.4 is 14.8 Å². The van der Waals surface area contributed by atoms with E-state index < -0.39 is 0 Å². The second-order valence-electron chi connectivity index (χ2n) is 8.18. The van der Waals surface area contributed by atoms with Crippen molar-refractivity contribution in [2.45, 2.75) is 57.2 Å². The van der Waals surface area contributed by atoms with Crippen LogP contribution in [-0.2, 0) is 6.54 Å². The Morgan fingerprint density at radius 1 is 1.06 bits per heavy atom. The third-order valence-electron chi connectivity index (χ3n) is 6.10. The van der Waals surface area contributed by atoms with Gasteiger partial charge in [0.1, 0.15) is 11.5 Å². The van der Waals surface area contributed by atoms with Crippen LogP contribution in [0.1, 0.15) is 59.4 Å². The highest BCUT2D eigenvalue weighted by molar-refractivity contribution is 5.95. The lowest BCUT2D eigenvalue weighted by atomic mass is 10.1. The van der Waals surface area contributed by atoms with Crippen molar-refractivity contribution in [2.24, 2.45) is 0 Å². The van der Waals surface area contributed by atoms with Gasteiger partial charge >= 0.3 is 0 Å². The largest absolute Gasteiger partial charge is 0.497 e. The first-order chi connectivity index (χ1) is 15.1. The van der Waals surface area contributed by atoms with Crippen LogP contribution in [0.4, 0.5) is 0 Å². The quantitative estimate of drug-likeness (QED) is 0.728. The summed E-state index contributed by atoms with van der Waals surface area (Å²) in [7, 11) is 3.12. The van der Waals surface area contributed by atoms with E-state index in [0.717, 1.165) is 38.5 Å². The van der Waals surface area contributed by atoms with Gasteiger partial charge in [-0.3, -0.25) is 9.59 Å². The maximum atomic E-state index is 13.2. The molecular weight excluding hydrogens is 398 g/mol. The maximum Gasteiger partial charge on any atom is 0.273 e. The van der Waals surface area contributed by atoms with Crippen LogP contribution in [-0.4, -0.2) is 64.6 Å². The molecule has 1 N–H and O–H groups in total. The molecule has 0 unspecified atom stereocenters. The van der Waals surface area contributed by atoms with Gasteiger partial charge in [-0.05, 0) is 37.8 Å². The molecular formula is C22H29N5O4. The van der Waals surface area contributed by atoms with Crippen molar-refractivity contribution >= 4 is 11.8 Å². The number of methoxy groups -OCH3 is 2. The van der Waals surface area contributed by atoms with Gasteiger partial charge in [-0.1, -0.05) is 18.1 Å². The Hall–Kier alpha value is -3.10. The van der Waals surface area contributed by atoms with Gasteiger partial charge < -0.3 is 19.7 Å². The molecule has 31 heavy (non-hydrogen) atoms. The van der Waals surface area contributed by atoms with E-state index in [-0.39, 0.29) is 23.9 Å². The number of benzene rings is 1. The number of rotatable bonds is 7. The average molecular weight is 428 g/mol. The van der Waals surface area contributed by atoms with Gasteiger partial charge in [0.15, 0.2) is 5.69 Å². The number of likely N-dealkylation sites (tertiary alicyclic amines) is 1. The smallest absolute Gasteiger partial charge is 0.273 e. The summed E-state index contributed by atoms with van der Waals surface area (Å²) < 4.78 is 12.2. The van der Waals surface area contributed by atoms with E-state index in [2.05, 4.69) is 15.6 Å². The van der Waals surface area contributed by atoms with Crippen molar-refractivity contribution in [1.82, 2.24) is 25.2 Å². The molecule has 4 rings (SSSR count). The lowest BCUT2D eigenvalue weighted by molar-refractivity contribution is 0.0720. The Balaban J connectivity index is 1.43. The molecule has 1 aromatic heterocycles. The number of carbonyl (C=O) groups is 2. The standard InChI is InChI=1S/C22H29N5O4/c1-30-18-10-15(11-19(12-18)31-2)22(29)27-9-5-8-17(27)13-26-14-20(24-25-26)21(28)23-16-6-3-4-7-16/h10-12,14,16-17H,3-9,13H2,1-2H3,(H,23,28)/t17-/m0/s1. The summed E-state index contributed by atoms with van der Waals surface area (Å²) in [4.78, 5) is 27.5. The third kappa shape index (κ3) is 4.81. The zero-order valence-electron chi connectivity index (χ0n) is 18.0. The minimum Gasteiger partial charge on any atom is -0.497 e. The van der Waals surface area contributed by atoms with E-state index in [1.165, 1.54) is 0 Å². The molecule has 2 amide bonds. The minimum absolute atomic E-state index is 0.0165. The fraction of sp³-hybridized carbons (Fsp3) is 0.545. The highest BCUT2D eigenvalue weighted by Gasteiger charge is 2.31. The molecule has 1 aliphatic heterocycles. The Morgan fingerprint density at radius 2 is 1.77 bits per heavy atom. The molecule has 166 valence electrons. The second kappa shape index (κ2) is 9.36. The van der Waals surface area contributed by atoms with Gasteiger partial charge in [0.2, 0.25) is 0 Å². The number of carbonyl (C=O) groups excluding carboxylic acids is 2. The summed E-state index contributed by atoms with van der Waals surface area (Å²) in [5.74, 6) is 0.903. The summed E-state index contributed by atoms with van der Waals surface area (Å²) in [5.41, 5.74) is 0.846. The summed E-state index contributed by atoms with van der Waals surface area (Å²) in [6.45, 7) is 1.17. The van der Waals surface area contributed by atoms with Crippen LogP contribution in [0.3, 0.4) is 0 Å². The number of nitrogens with one attached hydrogen (secondary N) is 1. The number of nitrogens with zero attached hydrogens (tertiary/aromatic N) is 4. The molecule has 1 atom stereocenters. The van der Waals surface area contributed by atoms with Gasteiger partial charge in [0, 0.05) is 24.2 Å². The summed E-state index contributed by atoms with van der Waals surface area (Å²) in [6.07, 6.45) is 7.81. The molecule has 2 fully saturated rings. The molecule has 1 saturated heterocycles. The number of hydrogen-bond donors (Lipinski definition) is 1. The van der Waals surface area contributed by atoms with Crippen molar-refractivity contribution < 1.29 is 19.1 Å². The lowest BCUT2D eigenvalue weighted by Crippen LogP contribution is -2.38. The number of ether oxygens (including phenoxy) is 2. The fourth-order valence-corrected chi connectivity index (χ4v) is 4.43. The first kappa shape index (κ1) is 21.1. The second-order valence-corrected chi connectivity index (χ2v) is 8.18. The molecule has 0 bridgehead atoms. The van der Waals surface area contributed by atoms with Gasteiger partial charge in [0.05, 0.1) is 33.0 Å². The van der Waals surface area contributed by atoms with E-state index in [1.807, 2.05) is 4.90 Å². The summed E-state index contributed by atoms with van der Waals surface area (Å²) in [5, 5.41) is 11.2. The third-order valence-corrected chi connectivity index (χ3v) is 6.10. The number of aromatic nitrogens is 3. The molecule has 0 radical (unpaired) electrons. The van der Waals surface area contributed by atoms with Crippen LogP contribution in [0.25, 0.3) is 0 Å². The van der Waals surface area contributed by atoms with E-state index in [0.29, 0.717) is 35.8 Å². The van der Waals surface area contributed by atoms with E-state index in [4.69, 9.17) is 9.47 Å². The predicted molar refractivity (Wildman–Crippen MR) is 113 cm³/mol. The molecule has 2 aromatic rings. The van der Waals surface area contributed by atoms with Crippen LogP contribution in [0.5, 0.6) is 11.5 Å². The Kier molecular flexibility index (Phi) is 6.39. The Morgan fingerprint density at radius 3 is 2.45 bits per heavy atom. The summed E-state index contributed by atoms with van der Waals surface area (Å²) in [6, 6.07) is 5.41. The fourth-order valence-electron chi connectivity index (χ4n) is 4.43. The molecule has 1 aliphatic carbocycles. The minimum atomic E-state index is -0.180. The number of hydrogen-bond acceptors (Lipinski definition) is 6. The normalized spacial score (nSPS) is 18.9.